The van der Waals surface area contributed by atoms with Crippen LogP contribution in [0.4, 0.5) is 10.3 Å². The number of hydrogen-bond donors (Lipinski definition) is 2. The van der Waals surface area contributed by atoms with Crippen LogP contribution in [0.1, 0.15) is 20.7 Å². The van der Waals surface area contributed by atoms with Crippen molar-refractivity contribution in [1.29, 1.82) is 0 Å². The Morgan fingerprint density at radius 2 is 0.978 bits per heavy atom. The van der Waals surface area contributed by atoms with Crippen LogP contribution in [0.5, 0.6) is 11.5 Å². The minimum absolute atomic E-state index is 0.183. The minimum Gasteiger partial charge on any atom is -0.457 e. The predicted octanol–water partition coefficient (Wildman–Crippen LogP) is 6.01. The van der Waals surface area contributed by atoms with Crippen LogP contribution in [0.3, 0.4) is 0 Å². The lowest BCUT2D eigenvalue weighted by Crippen LogP contribution is -2.11. The number of hydrogen-bond acceptors (Lipinski definition) is 11. The van der Waals surface area contributed by atoms with E-state index in [0.717, 1.165) is 12.5 Å². The number of nitrogens with zero attached hydrogens (tertiary/aromatic N) is 2. The molecule has 0 radical (unpaired) electrons. The van der Waals surface area contributed by atoms with Gasteiger partial charge in [0.1, 0.15) is 11.5 Å². The molecule has 0 saturated heterocycles. The molecule has 6 rings (SSSR count). The molecular weight excluding hydrogens is 657 g/mol. The van der Waals surface area contributed by atoms with Gasteiger partial charge < -0.3 is 4.74 Å². The maximum absolute atomic E-state index is 12.8. The van der Waals surface area contributed by atoms with Crippen molar-refractivity contribution in [1.82, 2.24) is 9.97 Å². The summed E-state index contributed by atoms with van der Waals surface area (Å²) in [7, 11) is -6.72. The Morgan fingerprint density at radius 3 is 1.33 bits per heavy atom. The average Bonchev–Trinajstić information content (AvgIpc) is 3.58. The zero-order valence-electron chi connectivity index (χ0n) is 23.5. The van der Waals surface area contributed by atoms with Gasteiger partial charge in [-0.1, -0.05) is 22.7 Å². The normalized spacial score (nSPS) is 11.9. The first-order chi connectivity index (χ1) is 21.3. The van der Waals surface area contributed by atoms with E-state index >= 15 is 0 Å². The van der Waals surface area contributed by atoms with Crippen LogP contribution in [0.15, 0.2) is 94.7 Å². The number of carbonyl (C=O) groups is 2. The molecule has 0 atom stereocenters. The number of nitrogens with one attached hydrogen (secondary N) is 2. The third-order valence-electron chi connectivity index (χ3n) is 6.49. The number of carbonyl (C=O) groups excluding carboxylic acids is 2. The smallest absolute Gasteiger partial charge is 0.257 e. The molecule has 15 heteroatoms. The Morgan fingerprint density at radius 1 is 0.600 bits per heavy atom. The molecule has 0 aliphatic heterocycles. The molecule has 0 saturated carbocycles. The highest BCUT2D eigenvalue weighted by Gasteiger charge is 2.15. The van der Waals surface area contributed by atoms with Crippen LogP contribution in [-0.2, 0) is 19.7 Å². The van der Waals surface area contributed by atoms with Gasteiger partial charge in [0, 0.05) is 23.6 Å². The Kier molecular flexibility index (Phi) is 7.86. The zero-order valence-corrected chi connectivity index (χ0v) is 26.7. The summed E-state index contributed by atoms with van der Waals surface area (Å²) in [5.74, 6) is 0.173. The number of fused-ring (bicyclic) bond motifs is 2. The van der Waals surface area contributed by atoms with Crippen LogP contribution in [0, 0.1) is 0 Å². The number of anilines is 2. The molecule has 2 aromatic heterocycles. The van der Waals surface area contributed by atoms with E-state index in [1.165, 1.54) is 46.9 Å². The van der Waals surface area contributed by atoms with Gasteiger partial charge in [0.05, 0.1) is 30.2 Å². The second-order valence-corrected chi connectivity index (χ2v) is 16.0. The summed E-state index contributed by atoms with van der Waals surface area (Å²) in [5, 5.41) is 6.16. The third-order valence-corrected chi connectivity index (χ3v) is 10.6. The van der Waals surface area contributed by atoms with E-state index in [0.29, 0.717) is 53.3 Å². The molecule has 4 aromatic carbocycles. The molecule has 2 N–H and O–H groups in total. The molecule has 6 aromatic rings. The summed E-state index contributed by atoms with van der Waals surface area (Å²) in [5.41, 5.74) is 1.90. The maximum Gasteiger partial charge on any atom is 0.257 e. The molecule has 11 nitrogen and oxygen atoms in total. The molecule has 0 aliphatic rings. The predicted molar refractivity (Wildman–Crippen MR) is 174 cm³/mol. The first-order valence-electron chi connectivity index (χ1n) is 13.0. The number of thiazole rings is 2. The summed E-state index contributed by atoms with van der Waals surface area (Å²) in [6.45, 7) is 0. The summed E-state index contributed by atoms with van der Waals surface area (Å²) in [6, 6.07) is 22.1. The molecule has 0 aliphatic carbocycles. The number of rotatable bonds is 8. The van der Waals surface area contributed by atoms with Crippen molar-refractivity contribution < 1.29 is 31.2 Å². The van der Waals surface area contributed by atoms with E-state index in [1.54, 1.807) is 60.7 Å². The van der Waals surface area contributed by atoms with Crippen LogP contribution in [0.2, 0.25) is 0 Å². The molecule has 0 unspecified atom stereocenters. The van der Waals surface area contributed by atoms with Crippen molar-refractivity contribution in [3.8, 4) is 11.5 Å². The van der Waals surface area contributed by atoms with Crippen molar-refractivity contribution in [3.05, 3.63) is 96.1 Å². The van der Waals surface area contributed by atoms with Crippen LogP contribution >= 0.6 is 22.7 Å². The van der Waals surface area contributed by atoms with Gasteiger partial charge in [-0.25, -0.2) is 26.8 Å². The molecule has 0 fully saturated rings. The van der Waals surface area contributed by atoms with Gasteiger partial charge in [-0.3, -0.25) is 20.2 Å². The van der Waals surface area contributed by atoms with E-state index in [1.807, 2.05) is 0 Å². The number of ether oxygens (including phenoxy) is 1. The topological polar surface area (TPSA) is 161 Å². The quantitative estimate of drug-likeness (QED) is 0.196. The van der Waals surface area contributed by atoms with Crippen LogP contribution in [-0.4, -0.2) is 51.1 Å². The molecule has 228 valence electrons. The molecule has 0 spiro atoms. The average molecular weight is 679 g/mol. The molecule has 2 heterocycles. The first-order valence-corrected chi connectivity index (χ1v) is 18.5. The highest BCUT2D eigenvalue weighted by atomic mass is 32.2. The summed E-state index contributed by atoms with van der Waals surface area (Å²) in [4.78, 5) is 34.6. The van der Waals surface area contributed by atoms with Crippen molar-refractivity contribution in [2.24, 2.45) is 0 Å². The number of aromatic nitrogens is 2. The van der Waals surface area contributed by atoms with E-state index in [2.05, 4.69) is 20.6 Å². The van der Waals surface area contributed by atoms with Gasteiger partial charge in [0.25, 0.3) is 11.8 Å². The summed E-state index contributed by atoms with van der Waals surface area (Å²) in [6.07, 6.45) is 2.27. The van der Waals surface area contributed by atoms with Crippen LogP contribution < -0.4 is 15.4 Å². The number of sulfone groups is 2. The van der Waals surface area contributed by atoms with Gasteiger partial charge >= 0.3 is 0 Å². The number of amides is 2. The molecule has 2 amide bonds. The Hall–Kier alpha value is -4.70. The molecule has 0 bridgehead atoms. The van der Waals surface area contributed by atoms with Crippen molar-refractivity contribution in [2.75, 3.05) is 23.1 Å². The van der Waals surface area contributed by atoms with E-state index in [-0.39, 0.29) is 21.6 Å². The van der Waals surface area contributed by atoms with E-state index < -0.39 is 19.7 Å². The zero-order chi connectivity index (χ0) is 31.9. The van der Waals surface area contributed by atoms with Gasteiger partial charge in [-0.2, -0.15) is 0 Å². The standard InChI is InChI=1S/C30H22N4O7S4/c1-44(37,38)21-11-13-23-25(15-21)42-29(31-23)33-27(35)17-3-7-19(8-4-17)41-20-9-5-18(6-10-20)28(36)34-30-32-24-14-12-22(45(2,39)40)16-26(24)43-30/h3-16H,1-2H3,(H,31,33,35)(H,32,34,36). The van der Waals surface area contributed by atoms with Crippen molar-refractivity contribution in [2.45, 2.75) is 9.79 Å². The monoisotopic (exact) mass is 678 g/mol. The summed E-state index contributed by atoms with van der Waals surface area (Å²) >= 11 is 2.35. The van der Waals surface area contributed by atoms with Crippen LogP contribution in [0.25, 0.3) is 20.4 Å². The molecule has 45 heavy (non-hydrogen) atoms. The lowest BCUT2D eigenvalue weighted by atomic mass is 10.2. The largest absolute Gasteiger partial charge is 0.457 e. The Labute approximate surface area is 265 Å². The highest BCUT2D eigenvalue weighted by molar-refractivity contribution is 7.91. The lowest BCUT2D eigenvalue weighted by Gasteiger charge is -2.08. The fraction of sp³-hybridized carbons (Fsp3) is 0.0667. The highest BCUT2D eigenvalue weighted by Crippen LogP contribution is 2.30. The summed E-state index contributed by atoms with van der Waals surface area (Å²) < 4.78 is 54.4. The lowest BCUT2D eigenvalue weighted by molar-refractivity contribution is 0.101. The van der Waals surface area contributed by atoms with Gasteiger partial charge in [-0.05, 0) is 84.9 Å². The fourth-order valence-corrected chi connectivity index (χ4v) is 7.45. The van der Waals surface area contributed by atoms with Crippen molar-refractivity contribution in [3.63, 3.8) is 0 Å². The Bertz CT molecular complexity index is 2160. The van der Waals surface area contributed by atoms with Gasteiger partial charge in [0.15, 0.2) is 29.9 Å². The van der Waals surface area contributed by atoms with Gasteiger partial charge in [-0.15, -0.1) is 0 Å². The van der Waals surface area contributed by atoms with E-state index in [4.69, 9.17) is 4.74 Å². The Balaban J connectivity index is 1.07. The molecular formula is C30H22N4O7S4. The minimum atomic E-state index is -3.36. The number of benzene rings is 4. The van der Waals surface area contributed by atoms with E-state index in [9.17, 15) is 26.4 Å². The van der Waals surface area contributed by atoms with Crippen molar-refractivity contribution >= 4 is 84.9 Å². The second-order valence-electron chi connectivity index (χ2n) is 9.90. The third kappa shape index (κ3) is 6.86. The SMILES string of the molecule is CS(=O)(=O)c1ccc2nc(NC(=O)c3ccc(Oc4ccc(C(=O)Nc5nc6ccc(S(C)(=O)=O)cc6s5)cc4)cc3)sc2c1. The fourth-order valence-electron chi connectivity index (χ4n) is 4.20. The maximum atomic E-state index is 12.8. The van der Waals surface area contributed by atoms with Gasteiger partial charge in [0.2, 0.25) is 0 Å². The first kappa shape index (κ1) is 30.3. The second kappa shape index (κ2) is 11.7.